The molecule has 0 aliphatic heterocycles. The van der Waals surface area contributed by atoms with Gasteiger partial charge in [-0.1, -0.05) is 12.1 Å². The largest absolute Gasteiger partial charge is 0.416 e. The minimum atomic E-state index is -4.63. The number of halogens is 3. The van der Waals surface area contributed by atoms with E-state index in [1.54, 1.807) is 41.9 Å². The summed E-state index contributed by atoms with van der Waals surface area (Å²) in [5.74, 6) is -0.689. The van der Waals surface area contributed by atoms with E-state index in [0.717, 1.165) is 18.7 Å². The molecule has 4 rings (SSSR count). The number of nitriles is 1. The lowest BCUT2D eigenvalue weighted by Crippen LogP contribution is -2.38. The molecule has 2 aromatic heterocycles. The number of pyridine rings is 1. The molecule has 0 saturated heterocycles. The van der Waals surface area contributed by atoms with E-state index in [1.807, 2.05) is 21.1 Å². The van der Waals surface area contributed by atoms with Crippen molar-refractivity contribution in [3.8, 4) is 34.1 Å². The summed E-state index contributed by atoms with van der Waals surface area (Å²) >= 11 is 0. The molecule has 0 unspecified atom stereocenters. The second-order valence-corrected chi connectivity index (χ2v) is 10.7. The van der Waals surface area contributed by atoms with Crippen molar-refractivity contribution in [2.24, 2.45) is 0 Å². The predicted octanol–water partition coefficient (Wildman–Crippen LogP) is 4.92. The lowest BCUT2D eigenvalue weighted by Gasteiger charge is -2.23. The van der Waals surface area contributed by atoms with Crippen molar-refractivity contribution in [3.63, 3.8) is 0 Å². The fourth-order valence-electron chi connectivity index (χ4n) is 4.62. The van der Waals surface area contributed by atoms with E-state index in [4.69, 9.17) is 0 Å². The number of benzene rings is 2. The number of nitrogens with zero attached hydrogens (tertiary/aromatic N) is 4. The first-order valence-corrected chi connectivity index (χ1v) is 12.9. The topological polar surface area (TPSA) is 104 Å². The van der Waals surface area contributed by atoms with Gasteiger partial charge in [-0.05, 0) is 55.0 Å². The third-order valence-corrected chi connectivity index (χ3v) is 6.54. The molecule has 0 aliphatic carbocycles. The highest BCUT2D eigenvalue weighted by Gasteiger charge is 2.32. The van der Waals surface area contributed by atoms with Crippen LogP contribution in [0.15, 0.2) is 65.6 Å². The van der Waals surface area contributed by atoms with Crippen LogP contribution in [0.5, 0.6) is 0 Å². The normalized spacial score (nSPS) is 11.8. The molecule has 0 radical (unpaired) electrons. The van der Waals surface area contributed by atoms with Crippen molar-refractivity contribution >= 4 is 5.91 Å². The van der Waals surface area contributed by atoms with Gasteiger partial charge in [0, 0.05) is 29.8 Å². The van der Waals surface area contributed by atoms with Crippen LogP contribution < -0.4 is 10.9 Å². The molecule has 212 valence electrons. The number of amides is 1. The number of nitrogens with one attached hydrogen (secondary N) is 2. The Labute approximate surface area is 235 Å². The van der Waals surface area contributed by atoms with Gasteiger partial charge < -0.3 is 14.8 Å². The zero-order chi connectivity index (χ0) is 29.9. The second-order valence-electron chi connectivity index (χ2n) is 10.7. The van der Waals surface area contributed by atoms with Crippen molar-refractivity contribution in [1.82, 2.24) is 20.1 Å². The van der Waals surface area contributed by atoms with Gasteiger partial charge in [-0.3, -0.25) is 9.59 Å². The summed E-state index contributed by atoms with van der Waals surface area (Å²) in [7, 11) is 6.05. The fourth-order valence-corrected chi connectivity index (χ4v) is 4.62. The number of hydrogen-bond acceptors (Lipinski definition) is 4. The van der Waals surface area contributed by atoms with Crippen LogP contribution in [0.2, 0.25) is 0 Å². The van der Waals surface area contributed by atoms with Gasteiger partial charge in [-0.2, -0.15) is 23.5 Å². The molecule has 2 aromatic carbocycles. The molecule has 0 saturated carbocycles. The molecule has 0 aliphatic rings. The molecule has 0 atom stereocenters. The Kier molecular flexibility index (Phi) is 8.17. The fraction of sp³-hybridized carbons (Fsp3) is 0.267. The number of carbonyl (C=O) groups is 1. The van der Waals surface area contributed by atoms with Crippen molar-refractivity contribution in [1.29, 1.82) is 5.26 Å². The summed E-state index contributed by atoms with van der Waals surface area (Å²) in [5, 5.41) is 16.3. The Bertz CT molecular complexity index is 1670. The molecule has 1 amide bonds. The van der Waals surface area contributed by atoms with Gasteiger partial charge in [-0.25, -0.2) is 4.68 Å². The zero-order valence-electron chi connectivity index (χ0n) is 23.1. The highest BCUT2D eigenvalue weighted by molar-refractivity contribution is 6.04. The standard InChI is InChI=1S/C30H29F3N6O2/c1-19-25(24-13-15-36-38(24)23-11-9-20(18-34)10-12-23)26(21-7-5-8-22(17-21)30(31,32)33)27(29(41)37-19)28(40)35-14-6-16-39(2,3)4/h5,7-13,15,17H,6,14,16H2,1-4H3,(H-,35,36,37,40,41)/p+1. The van der Waals surface area contributed by atoms with E-state index in [0.29, 0.717) is 39.1 Å². The minimum Gasteiger partial charge on any atom is -0.352 e. The molecular weight excluding hydrogens is 533 g/mol. The first-order valence-electron chi connectivity index (χ1n) is 12.9. The molecule has 0 fully saturated rings. The maximum Gasteiger partial charge on any atom is 0.416 e. The number of rotatable bonds is 8. The van der Waals surface area contributed by atoms with Gasteiger partial charge in [-0.15, -0.1) is 0 Å². The summed E-state index contributed by atoms with van der Waals surface area (Å²) in [6, 6.07) is 14.9. The maximum absolute atomic E-state index is 13.7. The molecule has 0 spiro atoms. The first-order chi connectivity index (χ1) is 19.3. The quantitative estimate of drug-likeness (QED) is 0.235. The average molecular weight is 564 g/mol. The monoisotopic (exact) mass is 563 g/mol. The molecular formula is C30H30F3N6O2+. The smallest absolute Gasteiger partial charge is 0.352 e. The number of alkyl halides is 3. The van der Waals surface area contributed by atoms with E-state index in [9.17, 15) is 28.0 Å². The Morgan fingerprint density at radius 1 is 1.10 bits per heavy atom. The number of hydrogen-bond donors (Lipinski definition) is 2. The summed E-state index contributed by atoms with van der Waals surface area (Å²) in [4.78, 5) is 29.5. The molecule has 0 bridgehead atoms. The van der Waals surface area contributed by atoms with E-state index in [1.165, 1.54) is 18.3 Å². The zero-order valence-corrected chi connectivity index (χ0v) is 23.1. The van der Waals surface area contributed by atoms with E-state index < -0.39 is 23.2 Å². The van der Waals surface area contributed by atoms with Gasteiger partial charge in [0.15, 0.2) is 0 Å². The van der Waals surface area contributed by atoms with Crippen LogP contribution in [0, 0.1) is 18.3 Å². The van der Waals surface area contributed by atoms with E-state index in [-0.39, 0.29) is 23.2 Å². The van der Waals surface area contributed by atoms with Crippen LogP contribution in [-0.4, -0.2) is 59.4 Å². The van der Waals surface area contributed by atoms with Gasteiger partial charge in [0.2, 0.25) is 0 Å². The average Bonchev–Trinajstić information content (AvgIpc) is 3.39. The Hall–Kier alpha value is -4.69. The second kappa shape index (κ2) is 11.4. The summed E-state index contributed by atoms with van der Waals surface area (Å²) in [6.45, 7) is 2.66. The number of quaternary nitrogens is 1. The lowest BCUT2D eigenvalue weighted by atomic mass is 9.91. The van der Waals surface area contributed by atoms with Crippen molar-refractivity contribution in [3.05, 3.63) is 93.5 Å². The van der Waals surface area contributed by atoms with E-state index >= 15 is 0 Å². The van der Waals surface area contributed by atoms with Gasteiger partial charge >= 0.3 is 6.18 Å². The number of aromatic nitrogens is 3. The summed E-state index contributed by atoms with van der Waals surface area (Å²) in [5.41, 5.74) is 0.373. The van der Waals surface area contributed by atoms with Crippen LogP contribution in [0.1, 0.15) is 33.6 Å². The Balaban J connectivity index is 1.94. The van der Waals surface area contributed by atoms with Crippen LogP contribution in [0.25, 0.3) is 28.1 Å². The maximum atomic E-state index is 13.7. The molecule has 2 N–H and O–H groups in total. The van der Waals surface area contributed by atoms with Crippen molar-refractivity contribution in [2.45, 2.75) is 19.5 Å². The van der Waals surface area contributed by atoms with Crippen LogP contribution in [0.3, 0.4) is 0 Å². The van der Waals surface area contributed by atoms with Crippen LogP contribution >= 0.6 is 0 Å². The van der Waals surface area contributed by atoms with E-state index in [2.05, 4.69) is 21.5 Å². The molecule has 11 heteroatoms. The third-order valence-electron chi connectivity index (χ3n) is 6.54. The van der Waals surface area contributed by atoms with Crippen molar-refractivity contribution < 1.29 is 22.4 Å². The molecule has 8 nitrogen and oxygen atoms in total. The molecule has 2 heterocycles. The number of aryl methyl sites for hydroxylation is 1. The van der Waals surface area contributed by atoms with Gasteiger partial charge in [0.05, 0.1) is 62.5 Å². The lowest BCUT2D eigenvalue weighted by molar-refractivity contribution is -0.870. The minimum absolute atomic E-state index is 0.0631. The number of aromatic amines is 1. The van der Waals surface area contributed by atoms with Gasteiger partial charge in [0.1, 0.15) is 5.56 Å². The summed E-state index contributed by atoms with van der Waals surface area (Å²) in [6.07, 6.45) is -2.49. The highest BCUT2D eigenvalue weighted by Crippen LogP contribution is 2.39. The molecule has 4 aromatic rings. The van der Waals surface area contributed by atoms with Crippen LogP contribution in [0.4, 0.5) is 13.2 Å². The van der Waals surface area contributed by atoms with Crippen molar-refractivity contribution in [2.75, 3.05) is 34.2 Å². The Morgan fingerprint density at radius 3 is 2.44 bits per heavy atom. The highest BCUT2D eigenvalue weighted by atomic mass is 19.4. The van der Waals surface area contributed by atoms with Gasteiger partial charge in [0.25, 0.3) is 11.5 Å². The summed E-state index contributed by atoms with van der Waals surface area (Å²) < 4.78 is 43.4. The van der Waals surface area contributed by atoms with Crippen LogP contribution in [-0.2, 0) is 6.18 Å². The molecule has 41 heavy (non-hydrogen) atoms. The first kappa shape index (κ1) is 29.3. The number of H-pyrrole nitrogens is 1. The Morgan fingerprint density at radius 2 is 1.80 bits per heavy atom. The third kappa shape index (κ3) is 6.56. The predicted molar refractivity (Wildman–Crippen MR) is 149 cm³/mol. The SMILES string of the molecule is Cc1[nH]c(=O)c(C(=O)NCCC[N+](C)(C)C)c(-c2cccc(C(F)(F)F)c2)c1-c1ccnn1-c1ccc(C#N)cc1. The number of carbonyl (C=O) groups excluding carboxylic acids is 1.